The van der Waals surface area contributed by atoms with E-state index < -0.39 is 11.2 Å². The third kappa shape index (κ3) is 5.65. The van der Waals surface area contributed by atoms with Crippen molar-refractivity contribution in [1.82, 2.24) is 14.5 Å². The fraction of sp³-hybridized carbons (Fsp3) is 0.440. The van der Waals surface area contributed by atoms with E-state index in [0.717, 1.165) is 31.2 Å². The predicted molar refractivity (Wildman–Crippen MR) is 133 cm³/mol. The first-order chi connectivity index (χ1) is 16.4. The van der Waals surface area contributed by atoms with Gasteiger partial charge in [0.2, 0.25) is 11.8 Å². The van der Waals surface area contributed by atoms with E-state index in [9.17, 15) is 14.4 Å². The number of hydrogen-bond donors (Lipinski definition) is 2. The van der Waals surface area contributed by atoms with Crippen LogP contribution in [0.5, 0.6) is 0 Å². The summed E-state index contributed by atoms with van der Waals surface area (Å²) in [5, 5.41) is 0. The molecular formula is C25H33N5O4. The van der Waals surface area contributed by atoms with Gasteiger partial charge in [0, 0.05) is 18.7 Å². The van der Waals surface area contributed by atoms with Gasteiger partial charge in [0.05, 0.1) is 12.1 Å². The number of aromatic amines is 1. The summed E-state index contributed by atoms with van der Waals surface area (Å²) in [6, 6.07) is 9.44. The Balaban J connectivity index is 1.96. The number of aromatic nitrogens is 3. The molecule has 3 aromatic rings. The molecule has 0 radical (unpaired) electrons. The first-order valence-electron chi connectivity index (χ1n) is 11.8. The van der Waals surface area contributed by atoms with E-state index in [2.05, 4.69) is 16.9 Å². The Labute approximate surface area is 198 Å². The van der Waals surface area contributed by atoms with E-state index in [4.69, 9.17) is 10.2 Å². The monoisotopic (exact) mass is 467 g/mol. The number of nitrogens with one attached hydrogen (secondary N) is 1. The van der Waals surface area contributed by atoms with E-state index >= 15 is 0 Å². The zero-order valence-corrected chi connectivity index (χ0v) is 20.1. The molecule has 0 saturated carbocycles. The molecule has 0 unspecified atom stereocenters. The summed E-state index contributed by atoms with van der Waals surface area (Å²) in [5.41, 5.74) is 6.38. The minimum atomic E-state index is -0.665. The van der Waals surface area contributed by atoms with Crippen molar-refractivity contribution in [3.8, 4) is 11.5 Å². The van der Waals surface area contributed by atoms with Crippen LogP contribution in [0.25, 0.3) is 11.5 Å². The zero-order valence-electron chi connectivity index (χ0n) is 20.1. The fourth-order valence-corrected chi connectivity index (χ4v) is 3.79. The molecule has 0 bridgehead atoms. The largest absolute Gasteiger partial charge is 0.441 e. The molecule has 2 aromatic heterocycles. The number of oxazole rings is 1. The minimum absolute atomic E-state index is 0.00824. The normalized spacial score (nSPS) is 11.0. The highest BCUT2D eigenvalue weighted by molar-refractivity contribution is 5.96. The molecule has 0 saturated heterocycles. The smallest absolute Gasteiger partial charge is 0.330 e. The van der Waals surface area contributed by atoms with Crippen molar-refractivity contribution in [3.05, 3.63) is 62.6 Å². The number of nitrogens with two attached hydrogens (primary N) is 1. The molecule has 3 rings (SSSR count). The van der Waals surface area contributed by atoms with Crippen molar-refractivity contribution in [2.45, 2.75) is 65.8 Å². The average molecular weight is 468 g/mol. The number of unbranched alkanes of at least 4 members (excludes halogenated alkanes) is 3. The first-order valence-corrected chi connectivity index (χ1v) is 11.8. The van der Waals surface area contributed by atoms with E-state index in [1.807, 2.05) is 37.3 Å². The Hall–Kier alpha value is -3.62. The van der Waals surface area contributed by atoms with Gasteiger partial charge in [0.1, 0.15) is 11.6 Å². The van der Waals surface area contributed by atoms with Gasteiger partial charge in [-0.05, 0) is 31.9 Å². The van der Waals surface area contributed by atoms with Crippen molar-refractivity contribution in [1.29, 1.82) is 0 Å². The standard InChI is InChI=1S/C25H33N5O4/c1-4-6-11-15-29(21-22(26)30(14-7-5-2)25(33)28-23(21)32)20(31)16-19-17(3)34-24(27-19)18-12-9-8-10-13-18/h8-10,12-13H,4-7,11,14-16,26H2,1-3H3,(H,28,32,33). The Kier molecular flexibility index (Phi) is 8.45. The Morgan fingerprint density at radius 2 is 1.82 bits per heavy atom. The molecule has 3 N–H and O–H groups in total. The van der Waals surface area contributed by atoms with Crippen molar-refractivity contribution in [2.75, 3.05) is 17.2 Å². The van der Waals surface area contributed by atoms with Crippen molar-refractivity contribution >= 4 is 17.4 Å². The number of carbonyl (C=O) groups excluding carboxylic acids is 1. The van der Waals surface area contributed by atoms with Crippen LogP contribution >= 0.6 is 0 Å². The Bertz CT molecular complexity index is 1230. The lowest BCUT2D eigenvalue weighted by atomic mass is 10.2. The second-order valence-electron chi connectivity index (χ2n) is 8.32. The number of nitrogens with zero attached hydrogens (tertiary/aromatic N) is 3. The van der Waals surface area contributed by atoms with Gasteiger partial charge in [-0.3, -0.25) is 19.1 Å². The summed E-state index contributed by atoms with van der Waals surface area (Å²) < 4.78 is 7.12. The van der Waals surface area contributed by atoms with Crippen LogP contribution in [0, 0.1) is 6.92 Å². The SMILES string of the molecule is CCCCCN(C(=O)Cc1nc(-c2ccccc2)oc1C)c1c(N)n(CCCC)c(=O)[nH]c1=O. The van der Waals surface area contributed by atoms with Crippen molar-refractivity contribution in [3.63, 3.8) is 0 Å². The molecular weight excluding hydrogens is 434 g/mol. The molecule has 9 heteroatoms. The van der Waals surface area contributed by atoms with Crippen LogP contribution in [0.4, 0.5) is 11.5 Å². The average Bonchev–Trinajstić information content (AvgIpc) is 3.18. The number of aryl methyl sites for hydroxylation is 1. The fourth-order valence-electron chi connectivity index (χ4n) is 3.79. The molecule has 9 nitrogen and oxygen atoms in total. The van der Waals surface area contributed by atoms with E-state index in [-0.39, 0.29) is 23.8 Å². The van der Waals surface area contributed by atoms with Crippen LogP contribution in [0.2, 0.25) is 0 Å². The number of rotatable bonds is 11. The topological polar surface area (TPSA) is 127 Å². The summed E-state index contributed by atoms with van der Waals surface area (Å²) in [6.07, 6.45) is 4.06. The summed E-state index contributed by atoms with van der Waals surface area (Å²) in [4.78, 5) is 46.9. The lowest BCUT2D eigenvalue weighted by Gasteiger charge is -2.24. The lowest BCUT2D eigenvalue weighted by Crippen LogP contribution is -2.42. The Morgan fingerprint density at radius 3 is 2.50 bits per heavy atom. The maximum atomic E-state index is 13.5. The summed E-state index contributed by atoms with van der Waals surface area (Å²) in [5.74, 6) is 0.651. The van der Waals surface area contributed by atoms with Gasteiger partial charge in [-0.2, -0.15) is 0 Å². The number of benzene rings is 1. The maximum absolute atomic E-state index is 13.5. The van der Waals surface area contributed by atoms with E-state index in [0.29, 0.717) is 36.9 Å². The van der Waals surface area contributed by atoms with Crippen molar-refractivity contribution < 1.29 is 9.21 Å². The van der Waals surface area contributed by atoms with Crippen molar-refractivity contribution in [2.24, 2.45) is 0 Å². The summed E-state index contributed by atoms with van der Waals surface area (Å²) in [6.45, 7) is 6.50. The zero-order chi connectivity index (χ0) is 24.7. The molecule has 0 spiro atoms. The maximum Gasteiger partial charge on any atom is 0.330 e. The molecule has 0 aliphatic heterocycles. The number of hydrogen-bond acceptors (Lipinski definition) is 6. The number of amides is 1. The second-order valence-corrected chi connectivity index (χ2v) is 8.32. The number of nitrogen functional groups attached to an aromatic ring is 1. The first kappa shape index (κ1) is 25.0. The van der Waals surface area contributed by atoms with Gasteiger partial charge in [-0.1, -0.05) is 51.3 Å². The molecule has 0 aliphatic carbocycles. The highest BCUT2D eigenvalue weighted by atomic mass is 16.4. The molecule has 0 atom stereocenters. The molecule has 1 amide bonds. The summed E-state index contributed by atoms with van der Waals surface area (Å²) >= 11 is 0. The molecule has 1 aromatic carbocycles. The second kappa shape index (κ2) is 11.5. The highest BCUT2D eigenvalue weighted by Gasteiger charge is 2.26. The number of anilines is 2. The van der Waals surface area contributed by atoms with Gasteiger partial charge in [0.15, 0.2) is 5.69 Å². The number of carbonyl (C=O) groups is 1. The number of H-pyrrole nitrogens is 1. The van der Waals surface area contributed by atoms with Crippen LogP contribution < -0.4 is 21.9 Å². The van der Waals surface area contributed by atoms with Crippen LogP contribution in [0.15, 0.2) is 44.3 Å². The van der Waals surface area contributed by atoms with E-state index in [1.165, 1.54) is 9.47 Å². The van der Waals surface area contributed by atoms with E-state index in [1.54, 1.807) is 6.92 Å². The quantitative estimate of drug-likeness (QED) is 0.414. The van der Waals surface area contributed by atoms with Gasteiger partial charge >= 0.3 is 5.69 Å². The molecule has 2 heterocycles. The van der Waals surface area contributed by atoms with Crippen LogP contribution in [0.3, 0.4) is 0 Å². The van der Waals surface area contributed by atoms with Gasteiger partial charge in [-0.25, -0.2) is 9.78 Å². The Morgan fingerprint density at radius 1 is 1.12 bits per heavy atom. The summed E-state index contributed by atoms with van der Waals surface area (Å²) in [7, 11) is 0. The van der Waals surface area contributed by atoms with Crippen LogP contribution in [-0.2, 0) is 17.8 Å². The third-order valence-electron chi connectivity index (χ3n) is 5.74. The van der Waals surface area contributed by atoms with Gasteiger partial charge in [0.25, 0.3) is 5.56 Å². The highest BCUT2D eigenvalue weighted by Crippen LogP contribution is 2.24. The van der Waals surface area contributed by atoms with Gasteiger partial charge in [-0.15, -0.1) is 0 Å². The third-order valence-corrected chi connectivity index (χ3v) is 5.74. The van der Waals surface area contributed by atoms with Gasteiger partial charge < -0.3 is 15.1 Å². The minimum Gasteiger partial charge on any atom is -0.441 e. The molecule has 34 heavy (non-hydrogen) atoms. The predicted octanol–water partition coefficient (Wildman–Crippen LogP) is 3.65. The molecule has 182 valence electrons. The molecule has 0 aliphatic rings. The lowest BCUT2D eigenvalue weighted by molar-refractivity contribution is -0.118. The van der Waals surface area contributed by atoms with Crippen LogP contribution in [-0.4, -0.2) is 27.0 Å². The van der Waals surface area contributed by atoms with Crippen LogP contribution in [0.1, 0.15) is 57.4 Å². The molecule has 0 fully saturated rings.